The van der Waals surface area contributed by atoms with Gasteiger partial charge in [-0.2, -0.15) is 0 Å². The predicted molar refractivity (Wildman–Crippen MR) is 178 cm³/mol. The summed E-state index contributed by atoms with van der Waals surface area (Å²) >= 11 is 0. The number of fused-ring (bicyclic) bond motifs is 1. The molecule has 1 heterocycles. The van der Waals surface area contributed by atoms with Crippen LogP contribution in [0.3, 0.4) is 0 Å². The maximum atomic E-state index is 13.0. The average Bonchev–Trinajstić information content (AvgIpc) is 3.39. The van der Waals surface area contributed by atoms with Crippen molar-refractivity contribution in [2.75, 3.05) is 23.7 Å². The van der Waals surface area contributed by atoms with Gasteiger partial charge < -0.3 is 25.3 Å². The molecule has 5 rings (SSSR count). The Balaban J connectivity index is 1.20. The molecule has 4 aromatic carbocycles. The molecule has 0 unspecified atom stereocenters. The third-order valence-corrected chi connectivity index (χ3v) is 7.37. The maximum Gasteiger partial charge on any atom is 0.319 e. The first-order valence-corrected chi connectivity index (χ1v) is 15.0. The van der Waals surface area contributed by atoms with Crippen molar-refractivity contribution in [3.8, 4) is 17.2 Å². The number of hydrogen-bond donors (Lipinski definition) is 3. The van der Waals surface area contributed by atoms with Crippen LogP contribution in [0.4, 0.5) is 16.2 Å². The van der Waals surface area contributed by atoms with Gasteiger partial charge in [0, 0.05) is 46.8 Å². The van der Waals surface area contributed by atoms with Crippen LogP contribution in [0.2, 0.25) is 0 Å². The van der Waals surface area contributed by atoms with Crippen LogP contribution in [0.1, 0.15) is 43.6 Å². The number of carbonyl (C=O) groups excluding carboxylic acids is 2. The first-order valence-electron chi connectivity index (χ1n) is 15.0. The highest BCUT2D eigenvalue weighted by Gasteiger charge is 2.13. The van der Waals surface area contributed by atoms with Crippen molar-refractivity contribution in [2.45, 2.75) is 40.3 Å². The van der Waals surface area contributed by atoms with Crippen LogP contribution in [-0.2, 0) is 6.54 Å². The van der Waals surface area contributed by atoms with E-state index in [0.29, 0.717) is 28.4 Å². The summed E-state index contributed by atoms with van der Waals surface area (Å²) in [5.41, 5.74) is 5.36. The molecule has 0 aliphatic carbocycles. The summed E-state index contributed by atoms with van der Waals surface area (Å²) in [6.45, 7) is 11.1. The van der Waals surface area contributed by atoms with Crippen molar-refractivity contribution >= 4 is 34.2 Å². The van der Waals surface area contributed by atoms with Crippen LogP contribution in [0.25, 0.3) is 16.6 Å². The van der Waals surface area contributed by atoms with Gasteiger partial charge in [-0.3, -0.25) is 9.69 Å². The largest absolute Gasteiger partial charge is 0.457 e. The van der Waals surface area contributed by atoms with Crippen molar-refractivity contribution in [3.63, 3.8) is 0 Å². The van der Waals surface area contributed by atoms with Crippen LogP contribution >= 0.6 is 0 Å². The molecule has 0 aliphatic rings. The van der Waals surface area contributed by atoms with E-state index in [0.717, 1.165) is 30.8 Å². The van der Waals surface area contributed by atoms with E-state index in [2.05, 4.69) is 69.7 Å². The fraction of sp³-hybridized carbons (Fsp3) is 0.222. The van der Waals surface area contributed by atoms with Gasteiger partial charge in [-0.1, -0.05) is 32.0 Å². The molecular formula is C36H39N5O3. The second-order valence-corrected chi connectivity index (χ2v) is 10.9. The number of urea groups is 1. The third kappa shape index (κ3) is 7.46. The molecule has 0 atom stereocenters. The number of carbonyl (C=O) groups is 2. The van der Waals surface area contributed by atoms with Crippen LogP contribution in [0.5, 0.6) is 11.5 Å². The highest BCUT2D eigenvalue weighted by Crippen LogP contribution is 2.27. The van der Waals surface area contributed by atoms with Crippen molar-refractivity contribution < 1.29 is 14.3 Å². The summed E-state index contributed by atoms with van der Waals surface area (Å²) < 4.78 is 8.12. The quantitative estimate of drug-likeness (QED) is 0.145. The Bertz CT molecular complexity index is 1700. The van der Waals surface area contributed by atoms with Crippen molar-refractivity contribution in [1.29, 1.82) is 0 Å². The van der Waals surface area contributed by atoms with Gasteiger partial charge in [-0.15, -0.1) is 0 Å². The van der Waals surface area contributed by atoms with E-state index in [1.807, 2.05) is 38.1 Å². The minimum atomic E-state index is -0.253. The smallest absolute Gasteiger partial charge is 0.319 e. The van der Waals surface area contributed by atoms with E-state index in [1.54, 1.807) is 48.5 Å². The van der Waals surface area contributed by atoms with E-state index in [9.17, 15) is 9.59 Å². The lowest BCUT2D eigenvalue weighted by molar-refractivity contribution is 0.102. The molecule has 8 nitrogen and oxygen atoms in total. The van der Waals surface area contributed by atoms with Gasteiger partial charge in [0.05, 0.1) is 5.52 Å². The monoisotopic (exact) mass is 589 g/mol. The van der Waals surface area contributed by atoms with Gasteiger partial charge in [-0.25, -0.2) is 4.79 Å². The molecule has 0 radical (unpaired) electrons. The molecule has 3 amide bonds. The van der Waals surface area contributed by atoms with Crippen molar-refractivity contribution in [2.24, 2.45) is 0 Å². The number of rotatable bonds is 11. The second-order valence-electron chi connectivity index (χ2n) is 10.9. The lowest BCUT2D eigenvalue weighted by Crippen LogP contribution is -2.34. The zero-order chi connectivity index (χ0) is 31.1. The number of benzene rings is 4. The summed E-state index contributed by atoms with van der Waals surface area (Å²) in [6.07, 6.45) is 2.21. The lowest BCUT2D eigenvalue weighted by atomic mass is 10.1. The number of anilines is 2. The van der Waals surface area contributed by atoms with Crippen LogP contribution in [0, 0.1) is 0 Å². The third-order valence-electron chi connectivity index (χ3n) is 7.37. The van der Waals surface area contributed by atoms with Gasteiger partial charge in [0.15, 0.2) is 0 Å². The molecule has 8 heteroatoms. The fourth-order valence-electron chi connectivity index (χ4n) is 5.03. The molecule has 0 saturated heterocycles. The number of aromatic nitrogens is 1. The number of para-hydroxylation sites is 1. The number of ether oxygens (including phenoxy) is 1. The standard InChI is InChI=1S/C36H39N5O3/c1-5-40(6-2)23-27-24-41(34-10-8-7-9-33(27)34)30-17-11-26(12-18-30)35(42)38-28-13-19-31(20-14-28)44-32-21-15-29(16-22-32)39-36(43)37-25(3)4/h7-22,24-25H,5-6,23H2,1-4H3,(H,38,42)(H2,37,39,43). The molecule has 5 aromatic rings. The Kier molecular flexibility index (Phi) is 9.62. The minimum absolute atomic E-state index is 0.0542. The SMILES string of the molecule is CCN(CC)Cc1cn(-c2ccc(C(=O)Nc3ccc(Oc4ccc(NC(=O)NC(C)C)cc4)cc3)cc2)c2ccccc12. The lowest BCUT2D eigenvalue weighted by Gasteiger charge is -2.17. The van der Waals surface area contributed by atoms with E-state index >= 15 is 0 Å². The molecule has 0 bridgehead atoms. The van der Waals surface area contributed by atoms with Gasteiger partial charge in [0.25, 0.3) is 5.91 Å². The highest BCUT2D eigenvalue weighted by molar-refractivity contribution is 6.04. The highest BCUT2D eigenvalue weighted by atomic mass is 16.5. The Labute approximate surface area is 258 Å². The topological polar surface area (TPSA) is 87.6 Å². The van der Waals surface area contributed by atoms with E-state index < -0.39 is 0 Å². The van der Waals surface area contributed by atoms with Crippen molar-refractivity contribution in [3.05, 3.63) is 114 Å². The Morgan fingerprint density at radius 2 is 1.36 bits per heavy atom. The van der Waals surface area contributed by atoms with Gasteiger partial charge in [0.2, 0.25) is 0 Å². The zero-order valence-corrected chi connectivity index (χ0v) is 25.6. The first-order chi connectivity index (χ1) is 21.3. The van der Waals surface area contributed by atoms with E-state index in [-0.39, 0.29) is 18.0 Å². The first kappa shape index (κ1) is 30.4. The predicted octanol–water partition coefficient (Wildman–Crippen LogP) is 8.05. The number of hydrogen-bond acceptors (Lipinski definition) is 4. The summed E-state index contributed by atoms with van der Waals surface area (Å²) in [5.74, 6) is 1.08. The molecule has 1 aromatic heterocycles. The van der Waals surface area contributed by atoms with Crippen LogP contribution < -0.4 is 20.7 Å². The summed E-state index contributed by atoms with van der Waals surface area (Å²) in [4.78, 5) is 27.3. The second kappa shape index (κ2) is 13.9. The normalized spacial score (nSPS) is 11.1. The average molecular weight is 590 g/mol. The van der Waals surface area contributed by atoms with Crippen LogP contribution in [-0.4, -0.2) is 40.5 Å². The molecule has 0 spiro atoms. The molecule has 226 valence electrons. The zero-order valence-electron chi connectivity index (χ0n) is 25.6. The van der Waals surface area contributed by atoms with E-state index in [4.69, 9.17) is 4.74 Å². The van der Waals surface area contributed by atoms with Gasteiger partial charge in [-0.05, 0) is 111 Å². The minimum Gasteiger partial charge on any atom is -0.457 e. The number of nitrogens with one attached hydrogen (secondary N) is 3. The molecule has 0 aliphatic heterocycles. The van der Waals surface area contributed by atoms with E-state index in [1.165, 1.54) is 10.9 Å². The summed E-state index contributed by atoms with van der Waals surface area (Å²) in [7, 11) is 0. The fourth-order valence-corrected chi connectivity index (χ4v) is 5.03. The Hall–Kier alpha value is -5.08. The molecule has 3 N–H and O–H groups in total. The molecule has 0 fully saturated rings. The van der Waals surface area contributed by atoms with Gasteiger partial charge in [0.1, 0.15) is 11.5 Å². The molecule has 44 heavy (non-hydrogen) atoms. The molecule has 0 saturated carbocycles. The number of nitrogens with zero attached hydrogens (tertiary/aromatic N) is 2. The Morgan fingerprint density at radius 3 is 1.95 bits per heavy atom. The van der Waals surface area contributed by atoms with Gasteiger partial charge >= 0.3 is 6.03 Å². The van der Waals surface area contributed by atoms with Crippen molar-refractivity contribution in [1.82, 2.24) is 14.8 Å². The summed E-state index contributed by atoms with van der Waals surface area (Å²) in [6, 6.07) is 30.2. The van der Waals surface area contributed by atoms with Crippen LogP contribution in [0.15, 0.2) is 103 Å². The molecular weight excluding hydrogens is 550 g/mol. The Morgan fingerprint density at radius 1 is 0.773 bits per heavy atom. The number of amides is 3. The maximum absolute atomic E-state index is 13.0. The summed E-state index contributed by atoms with van der Waals surface area (Å²) in [5, 5.41) is 9.78.